The van der Waals surface area contributed by atoms with Crippen molar-refractivity contribution < 1.29 is 0 Å². The average Bonchev–Trinajstić information content (AvgIpc) is 2.92. The Morgan fingerprint density at radius 1 is 1.05 bits per heavy atom. The Morgan fingerprint density at radius 2 is 1.75 bits per heavy atom. The van der Waals surface area contributed by atoms with Gasteiger partial charge in [0, 0.05) is 0 Å². The topological polar surface area (TPSA) is 38.9 Å². The zero-order valence-corrected chi connectivity index (χ0v) is 12.4. The van der Waals surface area contributed by atoms with Crippen molar-refractivity contribution in [2.75, 3.05) is 0 Å². The number of rotatable bonds is 4. The molecule has 0 saturated carbocycles. The quantitative estimate of drug-likeness (QED) is 0.782. The van der Waals surface area contributed by atoms with Crippen molar-refractivity contribution in [2.45, 2.75) is 25.8 Å². The summed E-state index contributed by atoms with van der Waals surface area (Å²) >= 11 is 1.70. The Kier molecular flexibility index (Phi) is 3.81. The first kappa shape index (κ1) is 13.3. The fourth-order valence-corrected chi connectivity index (χ4v) is 3.27. The van der Waals surface area contributed by atoms with Gasteiger partial charge in [-0.1, -0.05) is 43.3 Å². The number of hydrogen-bond donors (Lipinski definition) is 1. The Labute approximate surface area is 123 Å². The maximum atomic E-state index is 6.31. The lowest BCUT2D eigenvalue weighted by molar-refractivity contribution is 0.717. The van der Waals surface area contributed by atoms with Gasteiger partial charge in [-0.2, -0.15) is 0 Å². The largest absolute Gasteiger partial charge is 0.322 e. The molecule has 0 amide bonds. The van der Waals surface area contributed by atoms with E-state index in [2.05, 4.69) is 42.2 Å². The molecular weight excluding hydrogens is 264 g/mol. The van der Waals surface area contributed by atoms with Gasteiger partial charge < -0.3 is 5.73 Å². The molecule has 0 aliphatic carbocycles. The van der Waals surface area contributed by atoms with Gasteiger partial charge in [0.05, 0.1) is 16.3 Å². The SMILES string of the molecule is CCc1ccc(CC(N)c2nc3ccccc3s2)cc1. The summed E-state index contributed by atoms with van der Waals surface area (Å²) in [6, 6.07) is 16.9. The normalized spacial score (nSPS) is 12.7. The molecule has 0 fully saturated rings. The Bertz CT molecular complexity index is 667. The molecule has 2 nitrogen and oxygen atoms in total. The zero-order valence-electron chi connectivity index (χ0n) is 11.5. The predicted octanol–water partition coefficient (Wildman–Crippen LogP) is 4.10. The first-order valence-electron chi connectivity index (χ1n) is 6.95. The van der Waals surface area contributed by atoms with Gasteiger partial charge in [0.15, 0.2) is 0 Å². The minimum Gasteiger partial charge on any atom is -0.322 e. The van der Waals surface area contributed by atoms with E-state index in [0.717, 1.165) is 23.4 Å². The van der Waals surface area contributed by atoms with Crippen molar-refractivity contribution in [3.05, 3.63) is 64.7 Å². The van der Waals surface area contributed by atoms with Crippen LogP contribution >= 0.6 is 11.3 Å². The van der Waals surface area contributed by atoms with E-state index in [1.54, 1.807) is 11.3 Å². The summed E-state index contributed by atoms with van der Waals surface area (Å²) in [7, 11) is 0. The lowest BCUT2D eigenvalue weighted by Crippen LogP contribution is -2.12. The van der Waals surface area contributed by atoms with E-state index < -0.39 is 0 Å². The van der Waals surface area contributed by atoms with Crippen molar-refractivity contribution in [3.8, 4) is 0 Å². The highest BCUT2D eigenvalue weighted by atomic mass is 32.1. The van der Waals surface area contributed by atoms with Crippen molar-refractivity contribution in [1.82, 2.24) is 4.98 Å². The summed E-state index contributed by atoms with van der Waals surface area (Å²) < 4.78 is 1.21. The lowest BCUT2D eigenvalue weighted by Gasteiger charge is -2.08. The third-order valence-corrected chi connectivity index (χ3v) is 4.68. The summed E-state index contributed by atoms with van der Waals surface area (Å²) in [6.45, 7) is 2.17. The molecule has 0 spiro atoms. The second-order valence-corrected chi connectivity index (χ2v) is 6.06. The van der Waals surface area contributed by atoms with Crippen molar-refractivity contribution in [1.29, 1.82) is 0 Å². The van der Waals surface area contributed by atoms with Gasteiger partial charge in [-0.3, -0.25) is 0 Å². The van der Waals surface area contributed by atoms with E-state index in [1.807, 2.05) is 18.2 Å². The van der Waals surface area contributed by atoms with E-state index in [-0.39, 0.29) is 6.04 Å². The van der Waals surface area contributed by atoms with Crippen molar-refractivity contribution >= 4 is 21.6 Å². The average molecular weight is 282 g/mol. The van der Waals surface area contributed by atoms with Crippen LogP contribution in [0.1, 0.15) is 29.1 Å². The summed E-state index contributed by atoms with van der Waals surface area (Å²) in [6.07, 6.45) is 1.91. The summed E-state index contributed by atoms with van der Waals surface area (Å²) in [4.78, 5) is 4.64. The molecule has 0 bridgehead atoms. The molecule has 3 rings (SSSR count). The number of fused-ring (bicyclic) bond motifs is 1. The van der Waals surface area contributed by atoms with E-state index in [9.17, 15) is 0 Å². The van der Waals surface area contributed by atoms with E-state index in [1.165, 1.54) is 15.8 Å². The first-order valence-corrected chi connectivity index (χ1v) is 7.77. The van der Waals surface area contributed by atoms with Crippen molar-refractivity contribution in [2.24, 2.45) is 5.73 Å². The van der Waals surface area contributed by atoms with Crippen molar-refractivity contribution in [3.63, 3.8) is 0 Å². The van der Waals surface area contributed by atoms with Crippen LogP contribution in [-0.2, 0) is 12.8 Å². The van der Waals surface area contributed by atoms with Gasteiger partial charge in [0.25, 0.3) is 0 Å². The molecule has 3 heteroatoms. The highest BCUT2D eigenvalue weighted by molar-refractivity contribution is 7.18. The minimum atomic E-state index is -0.0279. The molecule has 0 aliphatic heterocycles. The Balaban J connectivity index is 1.79. The van der Waals surface area contributed by atoms with Crippen LogP contribution in [-0.4, -0.2) is 4.98 Å². The standard InChI is InChI=1S/C17H18N2S/c1-2-12-7-9-13(10-8-12)11-14(18)17-19-15-5-3-4-6-16(15)20-17/h3-10,14H,2,11,18H2,1H3. The Hall–Kier alpha value is -1.71. The first-order chi connectivity index (χ1) is 9.76. The number of para-hydroxylation sites is 1. The highest BCUT2D eigenvalue weighted by Gasteiger charge is 2.12. The van der Waals surface area contributed by atoms with Crippen LogP contribution in [0.3, 0.4) is 0 Å². The third-order valence-electron chi connectivity index (χ3n) is 3.51. The van der Waals surface area contributed by atoms with Gasteiger partial charge in [0.1, 0.15) is 5.01 Å². The minimum absolute atomic E-state index is 0.0279. The van der Waals surface area contributed by atoms with Gasteiger partial charge in [-0.05, 0) is 36.1 Å². The maximum Gasteiger partial charge on any atom is 0.111 e. The van der Waals surface area contributed by atoms with E-state index >= 15 is 0 Å². The lowest BCUT2D eigenvalue weighted by atomic mass is 10.0. The number of aromatic nitrogens is 1. The molecular formula is C17H18N2S. The Morgan fingerprint density at radius 3 is 2.45 bits per heavy atom. The maximum absolute atomic E-state index is 6.31. The molecule has 1 unspecified atom stereocenters. The smallest absolute Gasteiger partial charge is 0.111 e. The molecule has 0 aliphatic rings. The number of hydrogen-bond acceptors (Lipinski definition) is 3. The van der Waals surface area contributed by atoms with Crippen LogP contribution in [0.2, 0.25) is 0 Å². The molecule has 0 saturated heterocycles. The van der Waals surface area contributed by atoms with Crippen LogP contribution in [0.4, 0.5) is 0 Å². The van der Waals surface area contributed by atoms with Crippen LogP contribution < -0.4 is 5.73 Å². The highest BCUT2D eigenvalue weighted by Crippen LogP contribution is 2.26. The molecule has 102 valence electrons. The number of nitrogens with two attached hydrogens (primary N) is 1. The molecule has 1 heterocycles. The van der Waals surface area contributed by atoms with Gasteiger partial charge in [-0.25, -0.2) is 4.98 Å². The van der Waals surface area contributed by atoms with Crippen LogP contribution in [0.25, 0.3) is 10.2 Å². The number of thiazole rings is 1. The summed E-state index contributed by atoms with van der Waals surface area (Å²) in [5.74, 6) is 0. The molecule has 1 aromatic heterocycles. The molecule has 0 radical (unpaired) electrons. The zero-order chi connectivity index (χ0) is 13.9. The van der Waals surface area contributed by atoms with E-state index in [4.69, 9.17) is 5.73 Å². The third kappa shape index (κ3) is 2.74. The fourth-order valence-electron chi connectivity index (χ4n) is 2.30. The number of aryl methyl sites for hydroxylation is 1. The molecule has 2 N–H and O–H groups in total. The molecule has 1 atom stereocenters. The fraction of sp³-hybridized carbons (Fsp3) is 0.235. The second kappa shape index (κ2) is 5.73. The van der Waals surface area contributed by atoms with E-state index in [0.29, 0.717) is 0 Å². The van der Waals surface area contributed by atoms with Crippen LogP contribution in [0.5, 0.6) is 0 Å². The molecule has 2 aromatic carbocycles. The van der Waals surface area contributed by atoms with Gasteiger partial charge in [-0.15, -0.1) is 11.3 Å². The monoisotopic (exact) mass is 282 g/mol. The van der Waals surface area contributed by atoms with Gasteiger partial charge in [0.2, 0.25) is 0 Å². The number of nitrogens with zero attached hydrogens (tertiary/aromatic N) is 1. The predicted molar refractivity (Wildman–Crippen MR) is 86.1 cm³/mol. The molecule has 20 heavy (non-hydrogen) atoms. The summed E-state index contributed by atoms with van der Waals surface area (Å²) in [5, 5.41) is 1.02. The van der Waals surface area contributed by atoms with Crippen LogP contribution in [0.15, 0.2) is 48.5 Å². The number of benzene rings is 2. The summed E-state index contributed by atoms with van der Waals surface area (Å²) in [5.41, 5.74) is 9.99. The van der Waals surface area contributed by atoms with Crippen LogP contribution in [0, 0.1) is 0 Å². The second-order valence-electron chi connectivity index (χ2n) is 5.00. The van der Waals surface area contributed by atoms with Gasteiger partial charge >= 0.3 is 0 Å². The molecule has 3 aromatic rings.